The zero-order valence-corrected chi connectivity index (χ0v) is 14.9. The Kier molecular flexibility index (Phi) is 5.56. The van der Waals surface area contributed by atoms with E-state index in [1.165, 1.54) is 11.8 Å². The van der Waals surface area contributed by atoms with Crippen molar-refractivity contribution in [3.05, 3.63) is 65.1 Å². The van der Waals surface area contributed by atoms with Crippen LogP contribution in [-0.2, 0) is 4.79 Å². The van der Waals surface area contributed by atoms with E-state index in [-0.39, 0.29) is 11.7 Å². The highest BCUT2D eigenvalue weighted by atomic mass is 32.2. The Balaban J connectivity index is 1.93. The SMILES string of the molecule is CCCCN=C1S/C(=C\c2ccc(O)cc2)C(=O)N1c1ccccc1. The molecular formula is C20H20N2O2S. The molecule has 0 bridgehead atoms. The highest BCUT2D eigenvalue weighted by Gasteiger charge is 2.34. The quantitative estimate of drug-likeness (QED) is 0.628. The lowest BCUT2D eigenvalue weighted by atomic mass is 10.2. The number of unbranched alkanes of at least 4 members (excludes halogenated alkanes) is 1. The molecule has 1 heterocycles. The van der Waals surface area contributed by atoms with E-state index in [1.807, 2.05) is 36.4 Å². The van der Waals surface area contributed by atoms with Crippen molar-refractivity contribution in [1.29, 1.82) is 0 Å². The molecular weight excluding hydrogens is 332 g/mol. The van der Waals surface area contributed by atoms with Gasteiger partial charge in [-0.15, -0.1) is 0 Å². The number of amides is 1. The van der Waals surface area contributed by atoms with Gasteiger partial charge in [-0.1, -0.05) is 43.7 Å². The van der Waals surface area contributed by atoms with Gasteiger partial charge < -0.3 is 5.11 Å². The minimum atomic E-state index is -0.0699. The van der Waals surface area contributed by atoms with Gasteiger partial charge in [-0.3, -0.25) is 14.7 Å². The summed E-state index contributed by atoms with van der Waals surface area (Å²) in [5.74, 6) is 0.139. The lowest BCUT2D eigenvalue weighted by Gasteiger charge is -2.15. The van der Waals surface area contributed by atoms with Gasteiger partial charge in [0.2, 0.25) is 0 Å². The van der Waals surface area contributed by atoms with Crippen molar-refractivity contribution < 1.29 is 9.90 Å². The highest BCUT2D eigenvalue weighted by molar-refractivity contribution is 8.19. The van der Waals surface area contributed by atoms with Crippen molar-refractivity contribution in [3.63, 3.8) is 0 Å². The number of anilines is 1. The van der Waals surface area contributed by atoms with Crippen LogP contribution in [0.1, 0.15) is 25.3 Å². The molecule has 2 aromatic rings. The number of aliphatic imine (C=N–C) groups is 1. The van der Waals surface area contributed by atoms with E-state index in [0.29, 0.717) is 11.4 Å². The van der Waals surface area contributed by atoms with Crippen molar-refractivity contribution in [2.24, 2.45) is 4.99 Å². The van der Waals surface area contributed by atoms with Gasteiger partial charge in [-0.05, 0) is 54.1 Å². The number of benzene rings is 2. The summed E-state index contributed by atoms with van der Waals surface area (Å²) in [6.45, 7) is 2.83. The maximum atomic E-state index is 12.9. The van der Waals surface area contributed by atoms with Gasteiger partial charge in [0.1, 0.15) is 5.75 Å². The van der Waals surface area contributed by atoms with Crippen LogP contribution < -0.4 is 4.90 Å². The third-order valence-electron chi connectivity index (χ3n) is 3.77. The number of para-hydroxylation sites is 1. The minimum Gasteiger partial charge on any atom is -0.508 e. The zero-order chi connectivity index (χ0) is 17.6. The number of hydrogen-bond acceptors (Lipinski definition) is 4. The van der Waals surface area contributed by atoms with E-state index in [0.717, 1.165) is 29.3 Å². The summed E-state index contributed by atoms with van der Waals surface area (Å²) in [4.78, 5) is 19.9. The molecule has 2 aromatic carbocycles. The van der Waals surface area contributed by atoms with Crippen LogP contribution in [0.5, 0.6) is 5.75 Å². The molecule has 4 nitrogen and oxygen atoms in total. The summed E-state index contributed by atoms with van der Waals surface area (Å²) in [5.41, 5.74) is 1.70. The van der Waals surface area contributed by atoms with Crippen LogP contribution in [0.2, 0.25) is 0 Å². The predicted molar refractivity (Wildman–Crippen MR) is 105 cm³/mol. The van der Waals surface area contributed by atoms with E-state index in [4.69, 9.17) is 0 Å². The third-order valence-corrected chi connectivity index (χ3v) is 4.78. The zero-order valence-electron chi connectivity index (χ0n) is 14.1. The second-order valence-corrected chi connectivity index (χ2v) is 6.71. The van der Waals surface area contributed by atoms with Crippen LogP contribution in [-0.4, -0.2) is 22.7 Å². The molecule has 5 heteroatoms. The predicted octanol–water partition coefficient (Wildman–Crippen LogP) is 4.67. The molecule has 0 aromatic heterocycles. The van der Waals surface area contributed by atoms with E-state index >= 15 is 0 Å². The fourth-order valence-electron chi connectivity index (χ4n) is 2.44. The summed E-state index contributed by atoms with van der Waals surface area (Å²) >= 11 is 1.40. The molecule has 0 spiro atoms. The van der Waals surface area contributed by atoms with Crippen molar-refractivity contribution in [3.8, 4) is 5.75 Å². The van der Waals surface area contributed by atoms with Crippen LogP contribution >= 0.6 is 11.8 Å². The number of phenols is 1. The Morgan fingerprint density at radius 1 is 1.12 bits per heavy atom. The summed E-state index contributed by atoms with van der Waals surface area (Å²) < 4.78 is 0. The standard InChI is InChI=1S/C20H20N2O2S/c1-2-3-13-21-20-22(16-7-5-4-6-8-16)19(24)18(25-20)14-15-9-11-17(23)12-10-15/h4-12,14,23H,2-3,13H2,1H3/b18-14-,21-20?. The van der Waals surface area contributed by atoms with Gasteiger partial charge in [0, 0.05) is 6.54 Å². The smallest absolute Gasteiger partial charge is 0.271 e. The molecule has 25 heavy (non-hydrogen) atoms. The molecule has 1 saturated heterocycles. The first-order chi connectivity index (χ1) is 12.2. The van der Waals surface area contributed by atoms with Crippen LogP contribution in [0.25, 0.3) is 6.08 Å². The lowest BCUT2D eigenvalue weighted by molar-refractivity contribution is -0.113. The molecule has 0 saturated carbocycles. The summed E-state index contributed by atoms with van der Waals surface area (Å²) in [5, 5.41) is 10.1. The summed E-state index contributed by atoms with van der Waals surface area (Å²) in [7, 11) is 0. The van der Waals surface area contributed by atoms with Crippen LogP contribution in [0.15, 0.2) is 64.5 Å². The van der Waals surface area contributed by atoms with Crippen molar-refractivity contribution >= 4 is 34.6 Å². The molecule has 1 aliphatic rings. The molecule has 128 valence electrons. The molecule has 0 unspecified atom stereocenters. The van der Waals surface area contributed by atoms with Gasteiger partial charge in [-0.2, -0.15) is 0 Å². The maximum absolute atomic E-state index is 12.9. The number of rotatable bonds is 5. The van der Waals surface area contributed by atoms with E-state index in [9.17, 15) is 9.90 Å². The highest BCUT2D eigenvalue weighted by Crippen LogP contribution is 2.36. The number of hydrogen-bond donors (Lipinski definition) is 1. The van der Waals surface area contributed by atoms with Crippen molar-refractivity contribution in [1.82, 2.24) is 0 Å². The molecule has 0 radical (unpaired) electrons. The average Bonchev–Trinajstić information content (AvgIpc) is 2.93. The Labute approximate surface area is 151 Å². The summed E-state index contributed by atoms with van der Waals surface area (Å²) in [6.07, 6.45) is 3.90. The molecule has 1 aliphatic heterocycles. The fraction of sp³-hybridized carbons (Fsp3) is 0.200. The number of nitrogens with zero attached hydrogens (tertiary/aromatic N) is 2. The third kappa shape index (κ3) is 4.12. The number of carbonyl (C=O) groups is 1. The number of aromatic hydroxyl groups is 1. The minimum absolute atomic E-state index is 0.0699. The van der Waals surface area contributed by atoms with E-state index in [2.05, 4.69) is 11.9 Å². The first kappa shape index (κ1) is 17.3. The monoisotopic (exact) mass is 352 g/mol. The molecule has 1 fully saturated rings. The van der Waals surface area contributed by atoms with Gasteiger partial charge in [0.25, 0.3) is 5.91 Å². The number of carbonyl (C=O) groups excluding carboxylic acids is 1. The van der Waals surface area contributed by atoms with E-state index < -0.39 is 0 Å². The number of thioether (sulfide) groups is 1. The normalized spacial score (nSPS) is 17.6. The second-order valence-electron chi connectivity index (χ2n) is 5.70. The first-order valence-corrected chi connectivity index (χ1v) is 9.13. The molecule has 0 aliphatic carbocycles. The van der Waals surface area contributed by atoms with Crippen molar-refractivity contribution in [2.75, 3.05) is 11.4 Å². The fourth-order valence-corrected chi connectivity index (χ4v) is 3.44. The van der Waals surface area contributed by atoms with Crippen molar-refractivity contribution in [2.45, 2.75) is 19.8 Å². The Morgan fingerprint density at radius 3 is 2.52 bits per heavy atom. The summed E-state index contributed by atoms with van der Waals surface area (Å²) in [6, 6.07) is 16.4. The van der Waals surface area contributed by atoms with Gasteiger partial charge >= 0.3 is 0 Å². The average molecular weight is 352 g/mol. The Bertz CT molecular complexity index is 798. The second kappa shape index (κ2) is 8.03. The van der Waals surface area contributed by atoms with Gasteiger partial charge in [0.05, 0.1) is 10.6 Å². The molecule has 3 rings (SSSR count). The number of amidine groups is 1. The maximum Gasteiger partial charge on any atom is 0.271 e. The topological polar surface area (TPSA) is 52.9 Å². The van der Waals surface area contributed by atoms with Gasteiger partial charge in [-0.25, -0.2) is 0 Å². The Hall–Kier alpha value is -2.53. The Morgan fingerprint density at radius 2 is 1.84 bits per heavy atom. The first-order valence-electron chi connectivity index (χ1n) is 8.31. The molecule has 1 amide bonds. The molecule has 1 N–H and O–H groups in total. The largest absolute Gasteiger partial charge is 0.508 e. The number of phenolic OH excluding ortho intramolecular Hbond substituents is 1. The van der Waals surface area contributed by atoms with E-state index in [1.54, 1.807) is 29.2 Å². The van der Waals surface area contributed by atoms with Crippen LogP contribution in [0.3, 0.4) is 0 Å². The molecule has 0 atom stereocenters. The van der Waals surface area contributed by atoms with Crippen LogP contribution in [0.4, 0.5) is 5.69 Å². The van der Waals surface area contributed by atoms with Gasteiger partial charge in [0.15, 0.2) is 5.17 Å². The lowest BCUT2D eigenvalue weighted by Crippen LogP contribution is -2.28. The van der Waals surface area contributed by atoms with Crippen LogP contribution in [0, 0.1) is 0 Å².